The quantitative estimate of drug-likeness (QED) is 0.742. The number of carbonyl (C=O) groups is 2. The molecule has 2 amide bonds. The van der Waals surface area contributed by atoms with Crippen LogP contribution in [0.1, 0.15) is 20.3 Å². The lowest BCUT2D eigenvalue weighted by molar-refractivity contribution is -0.175. The number of nitrogens with zero attached hydrogens (tertiary/aromatic N) is 1. The Bertz CT molecular complexity index is 360. The monoisotopic (exact) mass is 296 g/mol. The summed E-state index contributed by atoms with van der Waals surface area (Å²) in [5.74, 6) is -0.592. The van der Waals surface area contributed by atoms with Gasteiger partial charge in [0.1, 0.15) is 12.6 Å². The van der Waals surface area contributed by atoms with E-state index in [2.05, 4.69) is 10.1 Å². The van der Waals surface area contributed by atoms with E-state index < -0.39 is 18.8 Å². The molecule has 0 bridgehead atoms. The van der Waals surface area contributed by atoms with E-state index in [1.54, 1.807) is 0 Å². The highest BCUT2D eigenvalue weighted by Gasteiger charge is 2.35. The van der Waals surface area contributed by atoms with Crippen LogP contribution in [0.3, 0.4) is 0 Å². The highest BCUT2D eigenvalue weighted by molar-refractivity contribution is 5.95. The van der Waals surface area contributed by atoms with Crippen molar-refractivity contribution < 1.29 is 27.5 Å². The van der Waals surface area contributed by atoms with Crippen LogP contribution in [0.5, 0.6) is 0 Å². The lowest BCUT2D eigenvalue weighted by atomic mass is 9.96. The van der Waals surface area contributed by atoms with E-state index in [1.165, 1.54) is 4.90 Å². The average molecular weight is 296 g/mol. The molecular weight excluding hydrogens is 277 g/mol. The number of amides is 2. The third-order valence-corrected chi connectivity index (χ3v) is 3.21. The summed E-state index contributed by atoms with van der Waals surface area (Å²) in [6, 6.07) is -0.608. The molecular formula is C12H19F3N2O3. The summed E-state index contributed by atoms with van der Waals surface area (Å²) in [7, 11) is 0. The minimum atomic E-state index is -4.39. The van der Waals surface area contributed by atoms with Gasteiger partial charge in [-0.15, -0.1) is 0 Å². The van der Waals surface area contributed by atoms with E-state index in [0.29, 0.717) is 0 Å². The SMILES string of the molecule is CCC(C)C1NC(=O)CN(CCOCC(F)(F)F)C1=O. The van der Waals surface area contributed by atoms with Crippen LogP contribution in [0.2, 0.25) is 0 Å². The molecule has 116 valence electrons. The molecule has 2 atom stereocenters. The van der Waals surface area contributed by atoms with Gasteiger partial charge in [0.15, 0.2) is 0 Å². The highest BCUT2D eigenvalue weighted by atomic mass is 19.4. The Balaban J connectivity index is 2.48. The Hall–Kier alpha value is -1.31. The van der Waals surface area contributed by atoms with Gasteiger partial charge in [-0.2, -0.15) is 13.2 Å². The Morgan fingerprint density at radius 3 is 2.65 bits per heavy atom. The molecule has 8 heteroatoms. The van der Waals surface area contributed by atoms with E-state index in [1.807, 2.05) is 13.8 Å². The van der Waals surface area contributed by atoms with Gasteiger partial charge in [-0.1, -0.05) is 20.3 Å². The second kappa shape index (κ2) is 6.92. The van der Waals surface area contributed by atoms with Crippen LogP contribution >= 0.6 is 0 Å². The fraction of sp³-hybridized carbons (Fsp3) is 0.833. The van der Waals surface area contributed by atoms with E-state index in [-0.39, 0.29) is 37.4 Å². The highest BCUT2D eigenvalue weighted by Crippen LogP contribution is 2.16. The number of hydrogen-bond donors (Lipinski definition) is 1. The number of ether oxygens (including phenoxy) is 1. The topological polar surface area (TPSA) is 58.6 Å². The largest absolute Gasteiger partial charge is 0.411 e. The maximum atomic E-state index is 12.1. The third kappa shape index (κ3) is 4.99. The van der Waals surface area contributed by atoms with Gasteiger partial charge >= 0.3 is 6.18 Å². The van der Waals surface area contributed by atoms with Crippen molar-refractivity contribution in [1.82, 2.24) is 10.2 Å². The van der Waals surface area contributed by atoms with Crippen molar-refractivity contribution in [2.75, 3.05) is 26.3 Å². The van der Waals surface area contributed by atoms with Crippen molar-refractivity contribution in [2.45, 2.75) is 32.5 Å². The van der Waals surface area contributed by atoms with Crippen molar-refractivity contribution >= 4 is 11.8 Å². The van der Waals surface area contributed by atoms with Crippen molar-refractivity contribution in [2.24, 2.45) is 5.92 Å². The molecule has 1 aliphatic heterocycles. The van der Waals surface area contributed by atoms with E-state index in [9.17, 15) is 22.8 Å². The molecule has 0 aromatic carbocycles. The van der Waals surface area contributed by atoms with Gasteiger partial charge in [-0.25, -0.2) is 0 Å². The van der Waals surface area contributed by atoms with E-state index >= 15 is 0 Å². The first-order valence-corrected chi connectivity index (χ1v) is 6.47. The van der Waals surface area contributed by atoms with Crippen molar-refractivity contribution in [3.8, 4) is 0 Å². The number of piperazine rings is 1. The summed E-state index contributed by atoms with van der Waals surface area (Å²) in [6.07, 6.45) is -3.67. The number of halogens is 3. The summed E-state index contributed by atoms with van der Waals surface area (Å²) < 4.78 is 40.2. The number of nitrogens with one attached hydrogen (secondary N) is 1. The lowest BCUT2D eigenvalue weighted by Crippen LogP contribution is -2.60. The average Bonchev–Trinajstić information content (AvgIpc) is 2.36. The normalized spacial score (nSPS) is 21.9. The summed E-state index contributed by atoms with van der Waals surface area (Å²) >= 11 is 0. The van der Waals surface area contributed by atoms with Gasteiger partial charge in [0.25, 0.3) is 0 Å². The molecule has 2 unspecified atom stereocenters. The predicted octanol–water partition coefficient (Wildman–Crippen LogP) is 0.938. The minimum absolute atomic E-state index is 0.0186. The molecule has 1 rings (SSSR count). The van der Waals surface area contributed by atoms with Gasteiger partial charge in [-0.05, 0) is 5.92 Å². The van der Waals surface area contributed by atoms with E-state index in [0.717, 1.165) is 6.42 Å². The van der Waals surface area contributed by atoms with Crippen LogP contribution in [-0.2, 0) is 14.3 Å². The third-order valence-electron chi connectivity index (χ3n) is 3.21. The zero-order valence-corrected chi connectivity index (χ0v) is 11.5. The molecule has 0 saturated carbocycles. The fourth-order valence-electron chi connectivity index (χ4n) is 1.90. The van der Waals surface area contributed by atoms with Crippen LogP contribution in [0, 0.1) is 5.92 Å². The molecule has 1 fully saturated rings. The maximum absolute atomic E-state index is 12.1. The molecule has 5 nitrogen and oxygen atoms in total. The summed E-state index contributed by atoms with van der Waals surface area (Å²) in [4.78, 5) is 24.9. The van der Waals surface area contributed by atoms with Gasteiger partial charge in [0.05, 0.1) is 13.2 Å². The van der Waals surface area contributed by atoms with E-state index in [4.69, 9.17) is 0 Å². The van der Waals surface area contributed by atoms with Gasteiger partial charge < -0.3 is 15.0 Å². The molecule has 1 N–H and O–H groups in total. The smallest absolute Gasteiger partial charge is 0.370 e. The molecule has 0 aliphatic carbocycles. The van der Waals surface area contributed by atoms with Crippen LogP contribution in [0.15, 0.2) is 0 Å². The number of carbonyl (C=O) groups excluding carboxylic acids is 2. The Labute approximate surface area is 115 Å². The lowest BCUT2D eigenvalue weighted by Gasteiger charge is -2.35. The second-order valence-corrected chi connectivity index (χ2v) is 4.86. The van der Waals surface area contributed by atoms with Gasteiger partial charge in [0.2, 0.25) is 11.8 Å². The van der Waals surface area contributed by atoms with Crippen molar-refractivity contribution in [1.29, 1.82) is 0 Å². The first-order chi connectivity index (χ1) is 9.24. The molecule has 0 spiro atoms. The molecule has 0 aromatic rings. The molecule has 1 aliphatic rings. The zero-order chi connectivity index (χ0) is 15.3. The Morgan fingerprint density at radius 1 is 1.45 bits per heavy atom. The molecule has 20 heavy (non-hydrogen) atoms. The Morgan fingerprint density at radius 2 is 2.10 bits per heavy atom. The zero-order valence-electron chi connectivity index (χ0n) is 11.5. The minimum Gasteiger partial charge on any atom is -0.370 e. The molecule has 0 aromatic heterocycles. The van der Waals surface area contributed by atoms with Crippen LogP contribution in [-0.4, -0.2) is 55.2 Å². The fourth-order valence-corrected chi connectivity index (χ4v) is 1.90. The maximum Gasteiger partial charge on any atom is 0.411 e. The number of hydrogen-bond acceptors (Lipinski definition) is 3. The summed E-state index contributed by atoms with van der Waals surface area (Å²) in [5.41, 5.74) is 0. The molecule has 1 saturated heterocycles. The van der Waals surface area contributed by atoms with Gasteiger partial charge in [-0.3, -0.25) is 9.59 Å². The van der Waals surface area contributed by atoms with Gasteiger partial charge in [0, 0.05) is 6.54 Å². The number of rotatable bonds is 6. The van der Waals surface area contributed by atoms with Crippen LogP contribution < -0.4 is 5.32 Å². The van der Waals surface area contributed by atoms with Crippen molar-refractivity contribution in [3.63, 3.8) is 0 Å². The summed E-state index contributed by atoms with van der Waals surface area (Å²) in [6.45, 7) is 1.99. The first-order valence-electron chi connectivity index (χ1n) is 6.47. The van der Waals surface area contributed by atoms with Crippen LogP contribution in [0.4, 0.5) is 13.2 Å². The van der Waals surface area contributed by atoms with Crippen molar-refractivity contribution in [3.05, 3.63) is 0 Å². The second-order valence-electron chi connectivity index (χ2n) is 4.86. The Kier molecular flexibility index (Phi) is 5.79. The molecule has 1 heterocycles. The first kappa shape index (κ1) is 16.7. The predicted molar refractivity (Wildman–Crippen MR) is 64.8 cm³/mol. The molecule has 0 radical (unpaired) electrons. The number of alkyl halides is 3. The van der Waals surface area contributed by atoms with Crippen LogP contribution in [0.25, 0.3) is 0 Å². The summed E-state index contributed by atoms with van der Waals surface area (Å²) in [5, 5.41) is 2.61. The standard InChI is InChI=1S/C12H19F3N2O3/c1-3-8(2)10-11(19)17(6-9(18)16-10)4-5-20-7-12(13,14)15/h8,10H,3-7H2,1-2H3,(H,16,18).